The molecule has 5 nitrogen and oxygen atoms in total. The van der Waals surface area contributed by atoms with E-state index in [1.54, 1.807) is 18.2 Å². The highest BCUT2D eigenvalue weighted by atomic mass is 19.1. The van der Waals surface area contributed by atoms with Gasteiger partial charge in [0.25, 0.3) is 5.91 Å². The summed E-state index contributed by atoms with van der Waals surface area (Å²) in [6.07, 6.45) is 1.25. The van der Waals surface area contributed by atoms with Gasteiger partial charge in [0.15, 0.2) is 11.3 Å². The highest BCUT2D eigenvalue weighted by molar-refractivity contribution is 6.03. The second-order valence-corrected chi connectivity index (χ2v) is 4.45. The summed E-state index contributed by atoms with van der Waals surface area (Å²) in [6, 6.07) is 7.24. The molecule has 0 atom stereocenters. The Hall–Kier alpha value is -2.83. The van der Waals surface area contributed by atoms with Crippen molar-refractivity contribution in [3.63, 3.8) is 0 Å². The Balaban J connectivity index is 2.18. The molecule has 0 spiro atoms. The van der Waals surface area contributed by atoms with Crippen LogP contribution in [0, 0.1) is 11.6 Å². The van der Waals surface area contributed by atoms with Crippen molar-refractivity contribution in [3.05, 3.63) is 59.4 Å². The van der Waals surface area contributed by atoms with Crippen LogP contribution < -0.4 is 5.73 Å². The largest absolute Gasteiger partial charge is 0.364 e. The maximum absolute atomic E-state index is 13.9. The molecule has 0 unspecified atom stereocenters. The lowest BCUT2D eigenvalue weighted by molar-refractivity contribution is 0.0996. The van der Waals surface area contributed by atoms with Crippen LogP contribution in [0.4, 0.5) is 8.78 Å². The van der Waals surface area contributed by atoms with E-state index in [1.807, 2.05) is 0 Å². The summed E-state index contributed by atoms with van der Waals surface area (Å²) in [5, 5.41) is 3.90. The highest BCUT2D eigenvalue weighted by Gasteiger charge is 2.19. The second-order valence-electron chi connectivity index (χ2n) is 4.45. The van der Waals surface area contributed by atoms with Gasteiger partial charge in [-0.15, -0.1) is 0 Å². The smallest absolute Gasteiger partial charge is 0.270 e. The molecule has 0 fully saturated rings. The molecule has 2 aromatic heterocycles. The lowest BCUT2D eigenvalue weighted by atomic mass is 10.2. The number of amides is 1. The Morgan fingerprint density at radius 2 is 1.95 bits per heavy atom. The van der Waals surface area contributed by atoms with Gasteiger partial charge in [-0.3, -0.25) is 4.79 Å². The maximum atomic E-state index is 13.9. The van der Waals surface area contributed by atoms with Gasteiger partial charge in [0.05, 0.1) is 11.9 Å². The molecule has 0 saturated heterocycles. The third kappa shape index (κ3) is 2.22. The number of carbonyl (C=O) groups excluding carboxylic acids is 1. The minimum atomic E-state index is -0.862. The summed E-state index contributed by atoms with van der Waals surface area (Å²) in [5.74, 6) is -1.93. The predicted molar refractivity (Wildman–Crippen MR) is 71.5 cm³/mol. The SMILES string of the molecule is NC(=O)c1nn(Cc2ccccc2F)c2nccc(F)c12. The van der Waals surface area contributed by atoms with Crippen LogP contribution >= 0.6 is 0 Å². The second kappa shape index (κ2) is 4.93. The summed E-state index contributed by atoms with van der Waals surface area (Å²) in [4.78, 5) is 15.4. The van der Waals surface area contributed by atoms with Gasteiger partial charge in [0.2, 0.25) is 0 Å². The van der Waals surface area contributed by atoms with E-state index in [-0.39, 0.29) is 23.3 Å². The fourth-order valence-electron chi connectivity index (χ4n) is 2.13. The van der Waals surface area contributed by atoms with E-state index in [9.17, 15) is 13.6 Å². The number of nitrogens with two attached hydrogens (primary N) is 1. The lowest BCUT2D eigenvalue weighted by Crippen LogP contribution is -2.13. The van der Waals surface area contributed by atoms with Gasteiger partial charge in [-0.25, -0.2) is 18.4 Å². The van der Waals surface area contributed by atoms with Crippen molar-refractivity contribution >= 4 is 16.9 Å². The Kier molecular flexibility index (Phi) is 3.09. The third-order valence-corrected chi connectivity index (χ3v) is 3.09. The Labute approximate surface area is 118 Å². The summed E-state index contributed by atoms with van der Waals surface area (Å²) in [5.41, 5.74) is 5.48. The van der Waals surface area contributed by atoms with E-state index in [1.165, 1.54) is 16.9 Å². The van der Waals surface area contributed by atoms with E-state index in [0.29, 0.717) is 5.56 Å². The number of halogens is 2. The molecule has 1 aromatic carbocycles. The van der Waals surface area contributed by atoms with E-state index in [2.05, 4.69) is 10.1 Å². The Morgan fingerprint density at radius 1 is 1.19 bits per heavy atom. The number of fused-ring (bicyclic) bond motifs is 1. The van der Waals surface area contributed by atoms with Crippen LogP contribution in [0.2, 0.25) is 0 Å². The van der Waals surface area contributed by atoms with E-state index < -0.39 is 17.5 Å². The van der Waals surface area contributed by atoms with Gasteiger partial charge in [-0.2, -0.15) is 5.10 Å². The van der Waals surface area contributed by atoms with Crippen LogP contribution in [-0.2, 0) is 6.54 Å². The monoisotopic (exact) mass is 288 g/mol. The number of pyridine rings is 1. The molecule has 3 aromatic rings. The minimum Gasteiger partial charge on any atom is -0.364 e. The van der Waals surface area contributed by atoms with Crippen molar-refractivity contribution in [2.24, 2.45) is 5.73 Å². The number of carbonyl (C=O) groups is 1. The average molecular weight is 288 g/mol. The van der Waals surface area contributed by atoms with Gasteiger partial charge in [0.1, 0.15) is 11.6 Å². The number of rotatable bonds is 3. The van der Waals surface area contributed by atoms with Gasteiger partial charge in [-0.05, 0) is 12.1 Å². The standard InChI is InChI=1S/C14H10F2N4O/c15-9-4-2-1-3-8(9)7-20-14-11(10(16)5-6-18-14)12(19-20)13(17)21/h1-6H,7H2,(H2,17,21). The quantitative estimate of drug-likeness (QED) is 0.799. The molecule has 0 bridgehead atoms. The zero-order chi connectivity index (χ0) is 15.0. The van der Waals surface area contributed by atoms with Crippen molar-refractivity contribution < 1.29 is 13.6 Å². The molecule has 0 aliphatic heterocycles. The first-order valence-corrected chi connectivity index (χ1v) is 6.12. The molecule has 7 heteroatoms. The number of benzene rings is 1. The minimum absolute atomic E-state index is 0.0207. The van der Waals surface area contributed by atoms with Crippen molar-refractivity contribution in [2.45, 2.75) is 6.54 Å². The zero-order valence-electron chi connectivity index (χ0n) is 10.8. The summed E-state index contributed by atoms with van der Waals surface area (Å²) < 4.78 is 28.8. The fourth-order valence-corrected chi connectivity index (χ4v) is 2.13. The van der Waals surface area contributed by atoms with Crippen molar-refractivity contribution in [1.82, 2.24) is 14.8 Å². The van der Waals surface area contributed by atoms with E-state index >= 15 is 0 Å². The molecule has 0 saturated carbocycles. The molecule has 0 radical (unpaired) electrons. The van der Waals surface area contributed by atoms with Gasteiger partial charge in [-0.1, -0.05) is 18.2 Å². The van der Waals surface area contributed by atoms with Crippen LogP contribution in [0.25, 0.3) is 11.0 Å². The zero-order valence-corrected chi connectivity index (χ0v) is 10.8. The summed E-state index contributed by atoms with van der Waals surface area (Å²) in [7, 11) is 0. The number of primary amides is 1. The Morgan fingerprint density at radius 3 is 2.67 bits per heavy atom. The van der Waals surface area contributed by atoms with Gasteiger partial charge < -0.3 is 5.73 Å². The Bertz CT molecular complexity index is 844. The van der Waals surface area contributed by atoms with Gasteiger partial charge in [0, 0.05) is 11.8 Å². The molecule has 21 heavy (non-hydrogen) atoms. The summed E-state index contributed by atoms with van der Waals surface area (Å²) in [6.45, 7) is 0.0207. The molecule has 3 rings (SSSR count). The van der Waals surface area contributed by atoms with Crippen LogP contribution in [0.1, 0.15) is 16.1 Å². The number of hydrogen-bond acceptors (Lipinski definition) is 3. The van der Waals surface area contributed by atoms with E-state index in [4.69, 9.17) is 5.73 Å². The molecule has 0 aliphatic rings. The van der Waals surface area contributed by atoms with Crippen LogP contribution in [-0.4, -0.2) is 20.7 Å². The van der Waals surface area contributed by atoms with Crippen LogP contribution in [0.3, 0.4) is 0 Å². The van der Waals surface area contributed by atoms with Crippen LogP contribution in [0.15, 0.2) is 36.5 Å². The van der Waals surface area contributed by atoms with Crippen molar-refractivity contribution in [3.8, 4) is 0 Å². The molecule has 2 N–H and O–H groups in total. The number of nitrogens with zero attached hydrogens (tertiary/aromatic N) is 3. The first-order valence-electron chi connectivity index (χ1n) is 6.12. The topological polar surface area (TPSA) is 73.8 Å². The maximum Gasteiger partial charge on any atom is 0.270 e. The predicted octanol–water partition coefficient (Wildman–Crippen LogP) is 1.86. The number of hydrogen-bond donors (Lipinski definition) is 1. The number of aromatic nitrogens is 3. The molecule has 2 heterocycles. The molecular formula is C14H10F2N4O. The van der Waals surface area contributed by atoms with Crippen molar-refractivity contribution in [2.75, 3.05) is 0 Å². The van der Waals surface area contributed by atoms with E-state index in [0.717, 1.165) is 6.07 Å². The third-order valence-electron chi connectivity index (χ3n) is 3.09. The first-order chi connectivity index (χ1) is 10.1. The lowest BCUT2D eigenvalue weighted by Gasteiger charge is -2.04. The molecule has 0 aliphatic carbocycles. The normalized spacial score (nSPS) is 11.0. The molecule has 1 amide bonds. The summed E-state index contributed by atoms with van der Waals surface area (Å²) >= 11 is 0. The highest BCUT2D eigenvalue weighted by Crippen LogP contribution is 2.21. The van der Waals surface area contributed by atoms with Crippen LogP contribution in [0.5, 0.6) is 0 Å². The fraction of sp³-hybridized carbons (Fsp3) is 0.0714. The van der Waals surface area contributed by atoms with Crippen molar-refractivity contribution in [1.29, 1.82) is 0 Å². The molecular weight excluding hydrogens is 278 g/mol. The average Bonchev–Trinajstić information content (AvgIpc) is 2.82. The first kappa shape index (κ1) is 13.2. The molecule has 106 valence electrons. The van der Waals surface area contributed by atoms with Gasteiger partial charge >= 0.3 is 0 Å².